The molecule has 0 aliphatic carbocycles. The molecule has 9 nitrogen and oxygen atoms in total. The van der Waals surface area contributed by atoms with Gasteiger partial charge in [-0.25, -0.2) is 5.43 Å². The average Bonchev–Trinajstić information content (AvgIpc) is 2.73. The molecule has 1 N–H and O–H groups in total. The highest BCUT2D eigenvalue weighted by Gasteiger charge is 2.21. The number of hydrogen-bond acceptors (Lipinski definition) is 7. The lowest BCUT2D eigenvalue weighted by Crippen LogP contribution is -2.36. The summed E-state index contributed by atoms with van der Waals surface area (Å²) in [6.45, 7) is 1.98. The minimum atomic E-state index is -0.486. The molecule has 0 bridgehead atoms. The van der Waals surface area contributed by atoms with E-state index >= 15 is 0 Å². The zero-order valence-electron chi connectivity index (χ0n) is 15.4. The highest BCUT2D eigenvalue weighted by Crippen LogP contribution is 2.29. The molecule has 152 valence electrons. The van der Waals surface area contributed by atoms with Crippen LogP contribution in [0.5, 0.6) is 5.75 Å². The summed E-state index contributed by atoms with van der Waals surface area (Å²) in [5.74, 6) is -0.0942. The molecule has 1 heterocycles. The molecule has 0 unspecified atom stereocenters. The van der Waals surface area contributed by atoms with Crippen molar-refractivity contribution in [3.63, 3.8) is 0 Å². The van der Waals surface area contributed by atoms with Crippen LogP contribution >= 0.6 is 11.6 Å². The maximum atomic E-state index is 11.8. The van der Waals surface area contributed by atoms with Crippen molar-refractivity contribution in [3.8, 4) is 5.75 Å². The zero-order valence-corrected chi connectivity index (χ0v) is 16.2. The fourth-order valence-corrected chi connectivity index (χ4v) is 2.95. The van der Waals surface area contributed by atoms with Crippen LogP contribution in [0.3, 0.4) is 0 Å². The van der Waals surface area contributed by atoms with Crippen LogP contribution in [0, 0.1) is 10.1 Å². The summed E-state index contributed by atoms with van der Waals surface area (Å²) in [5.41, 5.74) is 3.31. The van der Waals surface area contributed by atoms with Crippen LogP contribution in [0.25, 0.3) is 0 Å². The van der Waals surface area contributed by atoms with Crippen molar-refractivity contribution in [1.29, 1.82) is 0 Å². The Kier molecular flexibility index (Phi) is 6.99. The van der Waals surface area contributed by atoms with E-state index in [1.807, 2.05) is 4.90 Å². The number of morpholine rings is 1. The first-order chi connectivity index (χ1) is 14.0. The van der Waals surface area contributed by atoms with Crippen molar-refractivity contribution in [1.82, 2.24) is 5.43 Å². The molecular weight excluding hydrogens is 400 g/mol. The first-order valence-electron chi connectivity index (χ1n) is 8.85. The molecule has 0 radical (unpaired) electrons. The zero-order chi connectivity index (χ0) is 20.6. The van der Waals surface area contributed by atoms with Gasteiger partial charge in [-0.2, -0.15) is 5.10 Å². The topological polar surface area (TPSA) is 106 Å². The van der Waals surface area contributed by atoms with Gasteiger partial charge in [0, 0.05) is 24.7 Å². The molecule has 3 rings (SSSR count). The van der Waals surface area contributed by atoms with Gasteiger partial charge in [0.15, 0.2) is 6.61 Å². The second kappa shape index (κ2) is 9.85. The van der Waals surface area contributed by atoms with Crippen LogP contribution in [0.2, 0.25) is 5.02 Å². The van der Waals surface area contributed by atoms with Crippen LogP contribution < -0.4 is 15.1 Å². The molecule has 0 atom stereocenters. The van der Waals surface area contributed by atoms with Crippen molar-refractivity contribution in [3.05, 3.63) is 63.2 Å². The first-order valence-corrected chi connectivity index (χ1v) is 9.23. The second-order valence-corrected chi connectivity index (χ2v) is 6.52. The van der Waals surface area contributed by atoms with E-state index in [2.05, 4.69) is 10.5 Å². The van der Waals surface area contributed by atoms with Crippen molar-refractivity contribution in [2.45, 2.75) is 0 Å². The van der Waals surface area contributed by atoms with Gasteiger partial charge in [-0.15, -0.1) is 0 Å². The molecule has 1 fully saturated rings. The Labute approximate surface area is 172 Å². The summed E-state index contributed by atoms with van der Waals surface area (Å²) < 4.78 is 10.6. The summed E-state index contributed by atoms with van der Waals surface area (Å²) in [5, 5.41) is 15.7. The van der Waals surface area contributed by atoms with E-state index in [-0.39, 0.29) is 12.3 Å². The number of nitrogens with zero attached hydrogens (tertiary/aromatic N) is 3. The Balaban J connectivity index is 1.59. The fraction of sp³-hybridized carbons (Fsp3) is 0.263. The van der Waals surface area contributed by atoms with Gasteiger partial charge < -0.3 is 14.4 Å². The number of rotatable bonds is 7. The number of ether oxygens (including phenoxy) is 2. The molecule has 0 spiro atoms. The lowest BCUT2D eigenvalue weighted by atomic mass is 10.1. The van der Waals surface area contributed by atoms with E-state index in [4.69, 9.17) is 21.1 Å². The van der Waals surface area contributed by atoms with E-state index in [1.165, 1.54) is 12.3 Å². The van der Waals surface area contributed by atoms with Crippen LogP contribution in [0.4, 0.5) is 11.4 Å². The Morgan fingerprint density at radius 2 is 2.07 bits per heavy atom. The van der Waals surface area contributed by atoms with Gasteiger partial charge in [-0.1, -0.05) is 29.8 Å². The number of nitro groups is 1. The Hall–Kier alpha value is -3.17. The first kappa shape index (κ1) is 20.6. The molecule has 1 amide bonds. The van der Waals surface area contributed by atoms with E-state index in [0.29, 0.717) is 48.3 Å². The fourth-order valence-electron chi connectivity index (χ4n) is 2.75. The lowest BCUT2D eigenvalue weighted by molar-refractivity contribution is -0.384. The standard InChI is InChI=1S/C19H19ClN4O5/c20-15-3-1-2-4-18(15)29-13-19(25)22-21-12-14-5-6-16(17(11-14)24(26)27)23-7-9-28-10-8-23/h1-6,11-12H,7-10,13H2,(H,22,25)/b21-12+. The van der Waals surface area contributed by atoms with Gasteiger partial charge in [0.1, 0.15) is 11.4 Å². The Morgan fingerprint density at radius 3 is 2.79 bits per heavy atom. The quantitative estimate of drug-likeness (QED) is 0.421. The highest BCUT2D eigenvalue weighted by atomic mass is 35.5. The molecule has 1 aliphatic rings. The largest absolute Gasteiger partial charge is 0.482 e. The molecule has 0 saturated carbocycles. The van der Waals surface area contributed by atoms with Gasteiger partial charge in [0.25, 0.3) is 11.6 Å². The number of amides is 1. The maximum absolute atomic E-state index is 11.8. The number of hydrogen-bond donors (Lipinski definition) is 1. The summed E-state index contributed by atoms with van der Waals surface area (Å²) >= 11 is 5.95. The molecule has 10 heteroatoms. The van der Waals surface area contributed by atoms with Crippen molar-refractivity contribution >= 4 is 35.1 Å². The average molecular weight is 419 g/mol. The van der Waals surface area contributed by atoms with Gasteiger partial charge in [-0.05, 0) is 18.2 Å². The van der Waals surface area contributed by atoms with Crippen molar-refractivity contribution < 1.29 is 19.2 Å². The van der Waals surface area contributed by atoms with E-state index in [1.54, 1.807) is 36.4 Å². The molecule has 29 heavy (non-hydrogen) atoms. The molecule has 2 aromatic carbocycles. The molecule has 1 aliphatic heterocycles. The van der Waals surface area contributed by atoms with Gasteiger partial charge in [0.2, 0.25) is 0 Å². The number of hydrazone groups is 1. The predicted octanol–water partition coefficient (Wildman–Crippen LogP) is 2.61. The van der Waals surface area contributed by atoms with Crippen LogP contribution in [-0.4, -0.2) is 50.0 Å². The summed E-state index contributed by atoms with van der Waals surface area (Å²) in [6.07, 6.45) is 1.34. The SMILES string of the molecule is O=C(COc1ccccc1Cl)N/N=C/c1ccc(N2CCOCC2)c([N+](=O)[O-])c1. The normalized spacial score (nSPS) is 14.0. The van der Waals surface area contributed by atoms with E-state index < -0.39 is 10.8 Å². The molecule has 2 aromatic rings. The van der Waals surface area contributed by atoms with Crippen molar-refractivity contribution in [2.24, 2.45) is 5.10 Å². The lowest BCUT2D eigenvalue weighted by Gasteiger charge is -2.28. The highest BCUT2D eigenvalue weighted by molar-refractivity contribution is 6.32. The number of anilines is 1. The van der Waals surface area contributed by atoms with E-state index in [0.717, 1.165) is 0 Å². The minimum absolute atomic E-state index is 0.0239. The van der Waals surface area contributed by atoms with Crippen molar-refractivity contribution in [2.75, 3.05) is 37.8 Å². The second-order valence-electron chi connectivity index (χ2n) is 6.12. The van der Waals surface area contributed by atoms with Gasteiger partial charge >= 0.3 is 0 Å². The van der Waals surface area contributed by atoms with Crippen LogP contribution in [0.15, 0.2) is 47.6 Å². The summed E-state index contributed by atoms with van der Waals surface area (Å²) in [4.78, 5) is 24.8. The third-order valence-electron chi connectivity index (χ3n) is 4.15. The van der Waals surface area contributed by atoms with Gasteiger partial charge in [-0.3, -0.25) is 14.9 Å². The third kappa shape index (κ3) is 5.66. The van der Waals surface area contributed by atoms with E-state index in [9.17, 15) is 14.9 Å². The Morgan fingerprint density at radius 1 is 1.31 bits per heavy atom. The summed E-state index contributed by atoms with van der Waals surface area (Å²) in [6, 6.07) is 11.6. The predicted molar refractivity (Wildman–Crippen MR) is 109 cm³/mol. The number of benzene rings is 2. The number of halogens is 1. The summed E-state index contributed by atoms with van der Waals surface area (Å²) in [7, 11) is 0. The minimum Gasteiger partial charge on any atom is -0.482 e. The van der Waals surface area contributed by atoms with Gasteiger partial charge in [0.05, 0.1) is 29.4 Å². The Bertz CT molecular complexity index is 915. The number of nitro benzene ring substituents is 1. The molecule has 1 saturated heterocycles. The number of carbonyl (C=O) groups is 1. The molecular formula is C19H19ClN4O5. The monoisotopic (exact) mass is 418 g/mol. The number of carbonyl (C=O) groups excluding carboxylic acids is 1. The smallest absolute Gasteiger partial charge is 0.293 e. The third-order valence-corrected chi connectivity index (χ3v) is 4.46. The number of para-hydroxylation sites is 1. The molecule has 0 aromatic heterocycles. The maximum Gasteiger partial charge on any atom is 0.293 e. The van der Waals surface area contributed by atoms with Crippen LogP contribution in [0.1, 0.15) is 5.56 Å². The van der Waals surface area contributed by atoms with Crippen LogP contribution in [-0.2, 0) is 9.53 Å². The number of nitrogens with one attached hydrogen (secondary N) is 1.